The minimum absolute atomic E-state index is 0.0339. The summed E-state index contributed by atoms with van der Waals surface area (Å²) in [5.74, 6) is -0.241. The Kier molecular flexibility index (Phi) is 6.04. The van der Waals surface area contributed by atoms with E-state index in [1.165, 1.54) is 12.1 Å². The molecule has 6 heteroatoms. The van der Waals surface area contributed by atoms with Crippen molar-refractivity contribution in [1.29, 1.82) is 0 Å². The third-order valence-corrected chi connectivity index (χ3v) is 5.10. The summed E-state index contributed by atoms with van der Waals surface area (Å²) in [4.78, 5) is 17.5. The molecule has 1 aliphatic heterocycles. The number of carbonyl (C=O) groups excluding carboxylic acids is 1. The van der Waals surface area contributed by atoms with Crippen molar-refractivity contribution in [3.05, 3.63) is 35.6 Å². The van der Waals surface area contributed by atoms with Crippen LogP contribution in [0.25, 0.3) is 0 Å². The van der Waals surface area contributed by atoms with Gasteiger partial charge in [0.25, 0.3) is 0 Å². The van der Waals surface area contributed by atoms with Gasteiger partial charge in [-0.1, -0.05) is 12.1 Å². The van der Waals surface area contributed by atoms with Crippen molar-refractivity contribution in [2.75, 3.05) is 39.9 Å². The number of methoxy groups -OCH3 is 1. The molecule has 0 aromatic heterocycles. The minimum atomic E-state index is -0.353. The van der Waals surface area contributed by atoms with Crippen LogP contribution in [0.3, 0.4) is 0 Å². The summed E-state index contributed by atoms with van der Waals surface area (Å²) in [6, 6.07) is 6.64. The van der Waals surface area contributed by atoms with Gasteiger partial charge < -0.3 is 10.1 Å². The monoisotopic (exact) mass is 349 g/mol. The van der Waals surface area contributed by atoms with E-state index >= 15 is 0 Å². The molecular weight excluding hydrogens is 321 g/mol. The molecule has 1 amide bonds. The van der Waals surface area contributed by atoms with Gasteiger partial charge in [-0.2, -0.15) is 0 Å². The van der Waals surface area contributed by atoms with E-state index in [1.54, 1.807) is 19.2 Å². The molecule has 1 N–H and O–H groups in total. The van der Waals surface area contributed by atoms with Crippen LogP contribution in [0.2, 0.25) is 0 Å². The van der Waals surface area contributed by atoms with Crippen LogP contribution in [0.15, 0.2) is 24.3 Å². The van der Waals surface area contributed by atoms with E-state index in [9.17, 15) is 9.18 Å². The maximum Gasteiger partial charge on any atom is 0.242 e. The van der Waals surface area contributed by atoms with Crippen LogP contribution in [-0.4, -0.2) is 67.7 Å². The highest BCUT2D eigenvalue weighted by Gasteiger charge is 2.35. The van der Waals surface area contributed by atoms with E-state index in [0.717, 1.165) is 44.6 Å². The number of piperazine rings is 1. The number of carbonyl (C=O) groups is 1. The Bertz CT molecular complexity index is 577. The third kappa shape index (κ3) is 4.77. The average Bonchev–Trinajstić information content (AvgIpc) is 3.40. The Morgan fingerprint density at radius 3 is 2.64 bits per heavy atom. The van der Waals surface area contributed by atoms with Gasteiger partial charge in [-0.05, 0) is 37.5 Å². The Balaban J connectivity index is 1.72. The highest BCUT2D eigenvalue weighted by molar-refractivity contribution is 5.83. The van der Waals surface area contributed by atoms with Crippen LogP contribution in [0.4, 0.5) is 4.39 Å². The van der Waals surface area contributed by atoms with Crippen LogP contribution >= 0.6 is 0 Å². The molecule has 25 heavy (non-hydrogen) atoms. The number of halogens is 1. The summed E-state index contributed by atoms with van der Waals surface area (Å²) in [6.45, 7) is 6.33. The first-order valence-electron chi connectivity index (χ1n) is 9.11. The van der Waals surface area contributed by atoms with Gasteiger partial charge in [-0.15, -0.1) is 0 Å². The summed E-state index contributed by atoms with van der Waals surface area (Å²) in [5.41, 5.74) is 0.858. The summed E-state index contributed by atoms with van der Waals surface area (Å²) in [7, 11) is 1.72. The topological polar surface area (TPSA) is 44.8 Å². The lowest BCUT2D eigenvalue weighted by Crippen LogP contribution is -2.55. The summed E-state index contributed by atoms with van der Waals surface area (Å²) < 4.78 is 18.5. The van der Waals surface area contributed by atoms with Gasteiger partial charge in [0.05, 0.1) is 6.61 Å². The second kappa shape index (κ2) is 8.25. The lowest BCUT2D eigenvalue weighted by Gasteiger charge is -2.42. The summed E-state index contributed by atoms with van der Waals surface area (Å²) in [5, 5.41) is 3.12. The fourth-order valence-corrected chi connectivity index (χ4v) is 3.48. The number of nitrogens with zero attached hydrogens (tertiary/aromatic N) is 2. The van der Waals surface area contributed by atoms with Gasteiger partial charge in [0.2, 0.25) is 5.91 Å². The maximum atomic E-state index is 13.3. The van der Waals surface area contributed by atoms with Gasteiger partial charge >= 0.3 is 0 Å². The second-order valence-electron chi connectivity index (χ2n) is 7.11. The SMILES string of the molecule is COCCN1CCN([C@H](C(=O)NC2CC2)c2ccc(F)cc2)C[C@@H]1C. The van der Waals surface area contributed by atoms with Crippen molar-refractivity contribution < 1.29 is 13.9 Å². The molecule has 0 spiro atoms. The van der Waals surface area contributed by atoms with Crippen LogP contribution < -0.4 is 5.32 Å². The van der Waals surface area contributed by atoms with Gasteiger partial charge in [0.1, 0.15) is 11.9 Å². The minimum Gasteiger partial charge on any atom is -0.383 e. The Morgan fingerprint density at radius 2 is 2.04 bits per heavy atom. The average molecular weight is 349 g/mol. The summed E-state index contributed by atoms with van der Waals surface area (Å²) >= 11 is 0. The zero-order valence-corrected chi connectivity index (χ0v) is 15.1. The first kappa shape index (κ1) is 18.3. The maximum absolute atomic E-state index is 13.3. The van der Waals surface area contributed by atoms with Gasteiger partial charge in [0, 0.05) is 45.4 Å². The number of rotatable bonds is 7. The zero-order chi connectivity index (χ0) is 17.8. The molecule has 1 aromatic carbocycles. The fraction of sp³-hybridized carbons (Fsp3) is 0.632. The molecule has 2 fully saturated rings. The van der Waals surface area contributed by atoms with E-state index < -0.39 is 0 Å². The predicted octanol–water partition coefficient (Wildman–Crippen LogP) is 1.80. The van der Waals surface area contributed by atoms with E-state index in [1.807, 2.05) is 0 Å². The van der Waals surface area contributed by atoms with Crippen molar-refractivity contribution in [3.63, 3.8) is 0 Å². The van der Waals surface area contributed by atoms with Crippen molar-refractivity contribution in [2.45, 2.75) is 37.9 Å². The Hall–Kier alpha value is -1.50. The number of nitrogens with one attached hydrogen (secondary N) is 1. The van der Waals surface area contributed by atoms with Crippen molar-refractivity contribution in [1.82, 2.24) is 15.1 Å². The highest BCUT2D eigenvalue weighted by Crippen LogP contribution is 2.27. The Labute approximate surface area is 149 Å². The number of hydrogen-bond acceptors (Lipinski definition) is 4. The number of benzene rings is 1. The molecule has 5 nitrogen and oxygen atoms in total. The second-order valence-corrected chi connectivity index (χ2v) is 7.11. The van der Waals surface area contributed by atoms with E-state index in [2.05, 4.69) is 22.0 Å². The smallest absolute Gasteiger partial charge is 0.242 e. The van der Waals surface area contributed by atoms with Gasteiger partial charge in [0.15, 0.2) is 0 Å². The molecule has 1 aliphatic carbocycles. The van der Waals surface area contributed by atoms with Crippen LogP contribution in [-0.2, 0) is 9.53 Å². The Morgan fingerprint density at radius 1 is 1.32 bits per heavy atom. The van der Waals surface area contributed by atoms with Gasteiger partial charge in [-0.25, -0.2) is 4.39 Å². The van der Waals surface area contributed by atoms with Crippen LogP contribution in [0.1, 0.15) is 31.4 Å². The van der Waals surface area contributed by atoms with Crippen molar-refractivity contribution in [3.8, 4) is 0 Å². The zero-order valence-electron chi connectivity index (χ0n) is 15.1. The molecule has 0 unspecified atom stereocenters. The first-order valence-corrected chi connectivity index (χ1v) is 9.11. The number of ether oxygens (including phenoxy) is 1. The normalized spacial score (nSPS) is 23.4. The van der Waals surface area contributed by atoms with E-state index in [0.29, 0.717) is 18.7 Å². The molecule has 2 aliphatic rings. The lowest BCUT2D eigenvalue weighted by molar-refractivity contribution is -0.128. The van der Waals surface area contributed by atoms with Crippen molar-refractivity contribution in [2.24, 2.45) is 0 Å². The molecule has 0 bridgehead atoms. The molecule has 1 saturated carbocycles. The molecule has 1 aromatic rings. The van der Waals surface area contributed by atoms with Crippen molar-refractivity contribution >= 4 is 5.91 Å². The third-order valence-electron chi connectivity index (χ3n) is 5.10. The number of hydrogen-bond donors (Lipinski definition) is 1. The molecule has 138 valence electrons. The number of amides is 1. The molecule has 1 saturated heterocycles. The van der Waals surface area contributed by atoms with Gasteiger partial charge in [-0.3, -0.25) is 14.6 Å². The molecule has 1 heterocycles. The molecule has 3 rings (SSSR count). The standard InChI is InChI=1S/C19H28FN3O2/c1-14-13-23(10-9-22(14)11-12-25-2)18(19(24)21-17-7-8-17)15-3-5-16(20)6-4-15/h3-6,14,17-18H,7-13H2,1-2H3,(H,21,24)/t14-,18-/m0/s1. The van der Waals surface area contributed by atoms with Crippen LogP contribution in [0, 0.1) is 5.82 Å². The molecular formula is C19H28FN3O2. The van der Waals surface area contributed by atoms with E-state index in [-0.39, 0.29) is 17.8 Å². The summed E-state index contributed by atoms with van der Waals surface area (Å²) in [6.07, 6.45) is 2.12. The fourth-order valence-electron chi connectivity index (χ4n) is 3.48. The molecule has 0 radical (unpaired) electrons. The highest BCUT2D eigenvalue weighted by atomic mass is 19.1. The quantitative estimate of drug-likeness (QED) is 0.815. The first-order chi connectivity index (χ1) is 12.1. The predicted molar refractivity (Wildman–Crippen MR) is 94.8 cm³/mol. The van der Waals surface area contributed by atoms with Crippen LogP contribution in [0.5, 0.6) is 0 Å². The molecule has 2 atom stereocenters. The largest absolute Gasteiger partial charge is 0.383 e. The van der Waals surface area contributed by atoms with E-state index in [4.69, 9.17) is 4.74 Å². The lowest BCUT2D eigenvalue weighted by atomic mass is 10.0.